The summed E-state index contributed by atoms with van der Waals surface area (Å²) in [5.41, 5.74) is 4.51. The van der Waals surface area contributed by atoms with Gasteiger partial charge in [-0.3, -0.25) is 9.59 Å². The third-order valence-electron chi connectivity index (χ3n) is 3.68. The molecule has 0 aliphatic heterocycles. The van der Waals surface area contributed by atoms with Crippen LogP contribution in [0.3, 0.4) is 0 Å². The van der Waals surface area contributed by atoms with Gasteiger partial charge in [0, 0.05) is 18.7 Å². The van der Waals surface area contributed by atoms with Gasteiger partial charge in [-0.2, -0.15) is 0 Å². The maximum atomic E-state index is 13.5. The number of benzene rings is 1. The molecule has 160 valence electrons. The topological polar surface area (TPSA) is 123 Å². The summed E-state index contributed by atoms with van der Waals surface area (Å²) in [5, 5.41) is 4.77. The number of carbonyl (C=O) groups is 3. The molecule has 1 atom stereocenters. The second-order valence-corrected chi connectivity index (χ2v) is 7.43. The molecule has 0 saturated heterocycles. The number of anilines is 1. The van der Waals surface area contributed by atoms with E-state index in [-0.39, 0.29) is 23.4 Å². The Bertz CT molecular complexity index is 940. The lowest BCUT2D eigenvalue weighted by Crippen LogP contribution is -2.47. The number of nitrogens with one attached hydrogen (secondary N) is 2. The smallest absolute Gasteiger partial charge is 0.408 e. The highest BCUT2D eigenvalue weighted by Gasteiger charge is 2.26. The quantitative estimate of drug-likeness (QED) is 0.663. The van der Waals surface area contributed by atoms with E-state index in [0.29, 0.717) is 6.07 Å². The van der Waals surface area contributed by atoms with Gasteiger partial charge in [0.2, 0.25) is 5.91 Å². The fourth-order valence-corrected chi connectivity index (χ4v) is 2.53. The molecule has 2 aromatic rings. The van der Waals surface area contributed by atoms with Crippen molar-refractivity contribution in [3.05, 3.63) is 59.3 Å². The summed E-state index contributed by atoms with van der Waals surface area (Å²) in [5.74, 6) is -3.38. The van der Waals surface area contributed by atoms with Crippen LogP contribution in [-0.2, 0) is 16.0 Å². The van der Waals surface area contributed by atoms with Crippen molar-refractivity contribution in [2.45, 2.75) is 38.8 Å². The molecule has 0 aliphatic rings. The number of hydrogen-bond acceptors (Lipinski definition) is 5. The average molecular weight is 420 g/mol. The normalized spacial score (nSPS) is 12.0. The largest absolute Gasteiger partial charge is 0.444 e. The average Bonchev–Trinajstić information content (AvgIpc) is 2.59. The van der Waals surface area contributed by atoms with E-state index in [9.17, 15) is 23.2 Å². The molecule has 8 nitrogen and oxygen atoms in total. The molecular formula is C20H22F2N4O4. The number of hydrogen-bond donors (Lipinski definition) is 3. The molecule has 0 bridgehead atoms. The van der Waals surface area contributed by atoms with Gasteiger partial charge >= 0.3 is 6.09 Å². The zero-order chi connectivity index (χ0) is 22.5. The first-order valence-electron chi connectivity index (χ1n) is 8.95. The second-order valence-electron chi connectivity index (χ2n) is 7.43. The van der Waals surface area contributed by atoms with E-state index in [2.05, 4.69) is 15.6 Å². The number of alkyl carbamates (subject to hydrolysis) is 1. The maximum Gasteiger partial charge on any atom is 0.408 e. The number of ether oxygens (including phenoxy) is 1. The Morgan fingerprint density at radius 2 is 1.80 bits per heavy atom. The second kappa shape index (κ2) is 9.29. The Hall–Kier alpha value is -3.56. The summed E-state index contributed by atoms with van der Waals surface area (Å²) in [6.45, 7) is 4.91. The van der Waals surface area contributed by atoms with Gasteiger partial charge in [0.05, 0.1) is 5.56 Å². The Morgan fingerprint density at radius 3 is 2.37 bits per heavy atom. The van der Waals surface area contributed by atoms with Crippen LogP contribution in [0, 0.1) is 11.6 Å². The van der Waals surface area contributed by atoms with Crippen LogP contribution in [0.4, 0.5) is 19.4 Å². The van der Waals surface area contributed by atoms with Crippen LogP contribution in [0.25, 0.3) is 0 Å². The van der Waals surface area contributed by atoms with Crippen molar-refractivity contribution in [1.29, 1.82) is 0 Å². The molecular weight excluding hydrogens is 398 g/mol. The van der Waals surface area contributed by atoms with E-state index in [0.717, 1.165) is 12.1 Å². The number of primary amides is 1. The number of pyridine rings is 1. The van der Waals surface area contributed by atoms with E-state index in [1.54, 1.807) is 20.8 Å². The molecule has 0 spiro atoms. The lowest BCUT2D eigenvalue weighted by Gasteiger charge is -2.23. The molecule has 0 fully saturated rings. The number of aromatic nitrogens is 1. The first-order valence-corrected chi connectivity index (χ1v) is 8.95. The monoisotopic (exact) mass is 420 g/mol. The standard InChI is InChI=1S/C20H22F2N4O4/c1-20(2,3)30-19(29)25-15(9-11-7-12(21)10-13(22)8-11)18(28)26-17-14(16(23)27)5-4-6-24-17/h4-8,10,15H,9H2,1-3H3,(H2,23,27)(H,25,29)(H,24,26,28). The Morgan fingerprint density at radius 1 is 1.17 bits per heavy atom. The molecule has 4 N–H and O–H groups in total. The van der Waals surface area contributed by atoms with Crippen LogP contribution in [0.1, 0.15) is 36.7 Å². The van der Waals surface area contributed by atoms with Gasteiger partial charge in [-0.05, 0) is 50.6 Å². The highest BCUT2D eigenvalue weighted by molar-refractivity contribution is 6.03. The molecule has 1 aromatic heterocycles. The number of carbonyl (C=O) groups excluding carboxylic acids is 3. The predicted molar refractivity (Wildman–Crippen MR) is 105 cm³/mol. The van der Waals surface area contributed by atoms with Gasteiger partial charge in [-0.25, -0.2) is 18.6 Å². The maximum absolute atomic E-state index is 13.5. The van der Waals surface area contributed by atoms with Gasteiger partial charge in [-0.1, -0.05) is 0 Å². The molecule has 2 rings (SSSR count). The molecule has 0 aliphatic carbocycles. The Labute approximate surface area is 171 Å². The third-order valence-corrected chi connectivity index (χ3v) is 3.68. The number of rotatable bonds is 6. The summed E-state index contributed by atoms with van der Waals surface area (Å²) < 4.78 is 32.2. The fraction of sp³-hybridized carbons (Fsp3) is 0.300. The van der Waals surface area contributed by atoms with Crippen LogP contribution in [-0.4, -0.2) is 34.5 Å². The highest BCUT2D eigenvalue weighted by atomic mass is 19.1. The predicted octanol–water partition coefficient (Wildman–Crippen LogP) is 2.53. The Balaban J connectivity index is 2.28. The first-order chi connectivity index (χ1) is 13.9. The van der Waals surface area contributed by atoms with Gasteiger partial charge in [0.1, 0.15) is 29.1 Å². The number of halogens is 2. The van der Waals surface area contributed by atoms with Crippen molar-refractivity contribution < 1.29 is 27.9 Å². The van der Waals surface area contributed by atoms with Crippen molar-refractivity contribution in [1.82, 2.24) is 10.3 Å². The summed E-state index contributed by atoms with van der Waals surface area (Å²) in [6.07, 6.45) is 0.175. The molecule has 1 heterocycles. The summed E-state index contributed by atoms with van der Waals surface area (Å²) in [4.78, 5) is 40.4. The molecule has 0 radical (unpaired) electrons. The summed E-state index contributed by atoms with van der Waals surface area (Å²) in [6, 6.07) is 4.30. The van der Waals surface area contributed by atoms with E-state index in [4.69, 9.17) is 10.5 Å². The zero-order valence-corrected chi connectivity index (χ0v) is 16.7. The van der Waals surface area contributed by atoms with Crippen LogP contribution in [0.15, 0.2) is 36.5 Å². The Kier molecular flexibility index (Phi) is 7.04. The number of amides is 3. The van der Waals surface area contributed by atoms with E-state index < -0.39 is 41.2 Å². The lowest BCUT2D eigenvalue weighted by molar-refractivity contribution is -0.118. The molecule has 10 heteroatoms. The number of nitrogens with two attached hydrogens (primary N) is 1. The van der Waals surface area contributed by atoms with Gasteiger partial charge < -0.3 is 21.1 Å². The van der Waals surface area contributed by atoms with E-state index in [1.165, 1.54) is 18.3 Å². The molecule has 1 aromatic carbocycles. The van der Waals surface area contributed by atoms with Crippen LogP contribution >= 0.6 is 0 Å². The minimum absolute atomic E-state index is 0.0429. The van der Waals surface area contributed by atoms with Crippen molar-refractivity contribution in [2.24, 2.45) is 5.73 Å². The summed E-state index contributed by atoms with van der Waals surface area (Å²) in [7, 11) is 0. The third kappa shape index (κ3) is 6.80. The fourth-order valence-electron chi connectivity index (χ4n) is 2.53. The highest BCUT2D eigenvalue weighted by Crippen LogP contribution is 2.15. The van der Waals surface area contributed by atoms with E-state index in [1.807, 2.05) is 0 Å². The summed E-state index contributed by atoms with van der Waals surface area (Å²) >= 11 is 0. The van der Waals surface area contributed by atoms with Crippen LogP contribution in [0.5, 0.6) is 0 Å². The van der Waals surface area contributed by atoms with Crippen LogP contribution < -0.4 is 16.4 Å². The van der Waals surface area contributed by atoms with Gasteiger partial charge in [0.15, 0.2) is 0 Å². The SMILES string of the molecule is CC(C)(C)OC(=O)NC(Cc1cc(F)cc(F)c1)C(=O)Nc1ncccc1C(N)=O. The zero-order valence-electron chi connectivity index (χ0n) is 16.7. The first kappa shape index (κ1) is 22.7. The molecule has 30 heavy (non-hydrogen) atoms. The minimum Gasteiger partial charge on any atom is -0.444 e. The molecule has 0 saturated carbocycles. The lowest BCUT2D eigenvalue weighted by atomic mass is 10.0. The minimum atomic E-state index is -1.29. The van der Waals surface area contributed by atoms with Crippen molar-refractivity contribution in [3.63, 3.8) is 0 Å². The number of nitrogens with zero attached hydrogens (tertiary/aromatic N) is 1. The van der Waals surface area contributed by atoms with Crippen molar-refractivity contribution >= 4 is 23.7 Å². The molecule has 1 unspecified atom stereocenters. The van der Waals surface area contributed by atoms with Crippen molar-refractivity contribution in [2.75, 3.05) is 5.32 Å². The van der Waals surface area contributed by atoms with Gasteiger partial charge in [0.25, 0.3) is 5.91 Å². The van der Waals surface area contributed by atoms with Crippen molar-refractivity contribution in [3.8, 4) is 0 Å². The molecule has 3 amide bonds. The van der Waals surface area contributed by atoms with Crippen LogP contribution in [0.2, 0.25) is 0 Å². The van der Waals surface area contributed by atoms with E-state index >= 15 is 0 Å². The van der Waals surface area contributed by atoms with Gasteiger partial charge in [-0.15, -0.1) is 0 Å².